The summed E-state index contributed by atoms with van der Waals surface area (Å²) in [6.45, 7) is 2.07. The Kier molecular flexibility index (Phi) is 5.65. The van der Waals surface area contributed by atoms with Crippen molar-refractivity contribution >= 4 is 21.7 Å². The normalized spacial score (nSPS) is 12.5. The number of nitrogens with one attached hydrogen (secondary N) is 1. The lowest BCUT2D eigenvalue weighted by atomic mass is 10.3. The van der Waals surface area contributed by atoms with Gasteiger partial charge in [-0.3, -0.25) is 0 Å². The van der Waals surface area contributed by atoms with E-state index < -0.39 is 6.10 Å². The minimum atomic E-state index is -0.775. The number of rotatable bonds is 6. The van der Waals surface area contributed by atoms with E-state index in [0.29, 0.717) is 10.4 Å². The molecule has 90 valence electrons. The van der Waals surface area contributed by atoms with E-state index >= 15 is 0 Å². The second-order valence-electron chi connectivity index (χ2n) is 3.46. The Balaban J connectivity index is 2.64. The second-order valence-corrected chi connectivity index (χ2v) is 4.27. The van der Waals surface area contributed by atoms with E-state index in [1.54, 1.807) is 6.07 Å². The molecule has 0 aliphatic rings. The van der Waals surface area contributed by atoms with Crippen LogP contribution in [0.2, 0.25) is 0 Å². The van der Waals surface area contributed by atoms with Crippen molar-refractivity contribution in [1.82, 2.24) is 9.97 Å². The molecule has 1 unspecified atom stereocenters. The average Bonchev–Trinajstić information content (AvgIpc) is 2.25. The van der Waals surface area contributed by atoms with Crippen LogP contribution in [0.4, 0.5) is 5.82 Å². The van der Waals surface area contributed by atoms with Gasteiger partial charge in [-0.05, 0) is 22.4 Å². The zero-order chi connectivity index (χ0) is 12.0. The summed E-state index contributed by atoms with van der Waals surface area (Å²) in [5, 5.41) is 20.8. The van der Waals surface area contributed by atoms with Crippen LogP contribution in [0.1, 0.15) is 19.2 Å². The van der Waals surface area contributed by atoms with Crippen LogP contribution >= 0.6 is 15.9 Å². The van der Waals surface area contributed by atoms with Gasteiger partial charge in [0.05, 0.1) is 12.7 Å². The number of nitrogens with zero attached hydrogens (tertiary/aromatic N) is 2. The van der Waals surface area contributed by atoms with E-state index in [2.05, 4.69) is 38.1 Å². The highest BCUT2D eigenvalue weighted by atomic mass is 79.9. The Labute approximate surface area is 103 Å². The van der Waals surface area contributed by atoms with E-state index in [1.807, 2.05) is 0 Å². The van der Waals surface area contributed by atoms with Crippen LogP contribution in [0, 0.1) is 0 Å². The van der Waals surface area contributed by atoms with Crippen molar-refractivity contribution in [1.29, 1.82) is 0 Å². The molecule has 0 radical (unpaired) electrons. The van der Waals surface area contributed by atoms with E-state index in [1.165, 1.54) is 0 Å². The Morgan fingerprint density at radius 1 is 1.50 bits per heavy atom. The second kappa shape index (κ2) is 6.78. The zero-order valence-electron chi connectivity index (χ0n) is 9.15. The number of hydrogen-bond acceptors (Lipinski definition) is 5. The van der Waals surface area contributed by atoms with Gasteiger partial charge in [-0.25, -0.2) is 9.97 Å². The molecule has 1 rings (SSSR count). The van der Waals surface area contributed by atoms with E-state index in [0.717, 1.165) is 18.7 Å². The fraction of sp³-hybridized carbons (Fsp3) is 0.600. The zero-order valence-corrected chi connectivity index (χ0v) is 10.7. The lowest BCUT2D eigenvalue weighted by molar-refractivity contribution is 0.105. The number of aromatic nitrogens is 2. The van der Waals surface area contributed by atoms with Crippen molar-refractivity contribution in [2.75, 3.05) is 18.5 Å². The van der Waals surface area contributed by atoms with E-state index in [4.69, 9.17) is 5.11 Å². The summed E-state index contributed by atoms with van der Waals surface area (Å²) >= 11 is 3.30. The number of halogens is 1. The Morgan fingerprint density at radius 2 is 2.25 bits per heavy atom. The lowest BCUT2D eigenvalue weighted by Crippen LogP contribution is -2.23. The fourth-order valence-electron chi connectivity index (χ4n) is 1.18. The standard InChI is InChI=1S/C10H16BrN3O2/c1-2-3-9-13-8(11)4-10(14-9)12-5-7(16)6-15/h4,7,15-16H,2-3,5-6H2,1H3,(H,12,13,14). The average molecular weight is 290 g/mol. The predicted molar refractivity (Wildman–Crippen MR) is 65.3 cm³/mol. The maximum Gasteiger partial charge on any atom is 0.132 e. The maximum atomic E-state index is 9.19. The van der Waals surface area contributed by atoms with Gasteiger partial charge in [0.2, 0.25) is 0 Å². The minimum absolute atomic E-state index is 0.263. The van der Waals surface area contributed by atoms with Gasteiger partial charge in [0.15, 0.2) is 0 Å². The monoisotopic (exact) mass is 289 g/mol. The Bertz CT molecular complexity index is 336. The minimum Gasteiger partial charge on any atom is -0.394 e. The predicted octanol–water partition coefficient (Wildman–Crippen LogP) is 0.957. The number of hydrogen-bond donors (Lipinski definition) is 3. The largest absolute Gasteiger partial charge is 0.394 e. The summed E-state index contributed by atoms with van der Waals surface area (Å²) in [6, 6.07) is 1.74. The van der Waals surface area contributed by atoms with Crippen LogP contribution in [-0.2, 0) is 6.42 Å². The lowest BCUT2D eigenvalue weighted by Gasteiger charge is -2.10. The third-order valence-electron chi connectivity index (χ3n) is 1.94. The van der Waals surface area contributed by atoms with Gasteiger partial charge in [0.1, 0.15) is 16.2 Å². The van der Waals surface area contributed by atoms with Crippen molar-refractivity contribution in [3.05, 3.63) is 16.5 Å². The molecule has 16 heavy (non-hydrogen) atoms. The molecule has 0 aromatic carbocycles. The third kappa shape index (κ3) is 4.42. The quantitative estimate of drug-likeness (QED) is 0.680. The summed E-state index contributed by atoms with van der Waals surface area (Å²) in [5.41, 5.74) is 0. The van der Waals surface area contributed by atoms with Gasteiger partial charge in [-0.1, -0.05) is 6.92 Å². The van der Waals surface area contributed by atoms with Crippen molar-refractivity contribution < 1.29 is 10.2 Å². The summed E-state index contributed by atoms with van der Waals surface area (Å²) in [5.74, 6) is 1.41. The van der Waals surface area contributed by atoms with Gasteiger partial charge in [0, 0.05) is 19.0 Å². The van der Waals surface area contributed by atoms with Gasteiger partial charge < -0.3 is 15.5 Å². The molecule has 5 nitrogen and oxygen atoms in total. The van der Waals surface area contributed by atoms with Crippen LogP contribution in [0.3, 0.4) is 0 Å². The third-order valence-corrected chi connectivity index (χ3v) is 2.35. The SMILES string of the molecule is CCCc1nc(Br)cc(NCC(O)CO)n1. The molecule has 0 aliphatic carbocycles. The molecule has 0 bridgehead atoms. The van der Waals surface area contributed by atoms with Crippen LogP contribution in [0.25, 0.3) is 0 Å². The van der Waals surface area contributed by atoms with Gasteiger partial charge >= 0.3 is 0 Å². The highest BCUT2D eigenvalue weighted by Crippen LogP contribution is 2.13. The van der Waals surface area contributed by atoms with Crippen molar-refractivity contribution in [3.8, 4) is 0 Å². The highest BCUT2D eigenvalue weighted by molar-refractivity contribution is 9.10. The van der Waals surface area contributed by atoms with Gasteiger partial charge in [-0.15, -0.1) is 0 Å². The molecule has 3 N–H and O–H groups in total. The van der Waals surface area contributed by atoms with E-state index in [9.17, 15) is 5.11 Å². The molecule has 0 saturated carbocycles. The number of aliphatic hydroxyl groups is 2. The first kappa shape index (κ1) is 13.3. The summed E-state index contributed by atoms with van der Waals surface area (Å²) in [6.07, 6.45) is 1.02. The molecule has 0 spiro atoms. The van der Waals surface area contributed by atoms with Gasteiger partial charge in [0.25, 0.3) is 0 Å². The van der Waals surface area contributed by atoms with Crippen LogP contribution in [0.15, 0.2) is 10.7 Å². The van der Waals surface area contributed by atoms with Crippen molar-refractivity contribution in [2.45, 2.75) is 25.9 Å². The molecule has 0 fully saturated rings. The Hall–Kier alpha value is -0.720. The highest BCUT2D eigenvalue weighted by Gasteiger charge is 2.05. The number of aliphatic hydroxyl groups excluding tert-OH is 2. The molecule has 0 aliphatic heterocycles. The molecule has 1 aromatic rings. The molecule has 6 heteroatoms. The van der Waals surface area contributed by atoms with Gasteiger partial charge in [-0.2, -0.15) is 0 Å². The molecule has 0 amide bonds. The van der Waals surface area contributed by atoms with Crippen LogP contribution in [-0.4, -0.2) is 39.4 Å². The molecule has 1 heterocycles. The molecule has 0 saturated heterocycles. The molecule has 1 aromatic heterocycles. The summed E-state index contributed by atoms with van der Waals surface area (Å²) in [4.78, 5) is 8.51. The van der Waals surface area contributed by atoms with E-state index in [-0.39, 0.29) is 13.2 Å². The topological polar surface area (TPSA) is 78.3 Å². The maximum absolute atomic E-state index is 9.19. The smallest absolute Gasteiger partial charge is 0.132 e. The molecule has 1 atom stereocenters. The van der Waals surface area contributed by atoms with Crippen molar-refractivity contribution in [2.24, 2.45) is 0 Å². The first-order chi connectivity index (χ1) is 7.65. The summed E-state index contributed by atoms with van der Waals surface area (Å²) in [7, 11) is 0. The van der Waals surface area contributed by atoms with Crippen LogP contribution in [0.5, 0.6) is 0 Å². The molecular weight excluding hydrogens is 274 g/mol. The number of anilines is 1. The molecular formula is C10H16BrN3O2. The van der Waals surface area contributed by atoms with Crippen molar-refractivity contribution in [3.63, 3.8) is 0 Å². The number of aryl methyl sites for hydroxylation is 1. The first-order valence-corrected chi connectivity index (χ1v) is 6.01. The van der Waals surface area contributed by atoms with Crippen LogP contribution < -0.4 is 5.32 Å². The fourth-order valence-corrected chi connectivity index (χ4v) is 1.60. The Morgan fingerprint density at radius 3 is 2.88 bits per heavy atom. The summed E-state index contributed by atoms with van der Waals surface area (Å²) < 4.78 is 0.715. The first-order valence-electron chi connectivity index (χ1n) is 5.22.